The number of nitrogen functional groups attached to an aromatic ring is 2. The Balaban J connectivity index is 1.32. The van der Waals surface area contributed by atoms with E-state index in [1.807, 2.05) is 52.0 Å². The Morgan fingerprint density at radius 3 is 1.12 bits per heavy atom. The van der Waals surface area contributed by atoms with Crippen LogP contribution in [0.2, 0.25) is 0 Å². The number of nitrogens with zero attached hydrogens (tertiary/aromatic N) is 4. The van der Waals surface area contributed by atoms with Crippen molar-refractivity contribution in [2.45, 2.75) is 27.7 Å². The van der Waals surface area contributed by atoms with Gasteiger partial charge < -0.3 is 21.7 Å². The van der Waals surface area contributed by atoms with E-state index in [0.717, 1.165) is 33.4 Å². The standard InChI is InChI=1S/C38H32N6O4/c1-19-13-23(14-20(2)35(19)43-41-31-17-29(37(45)46)25-9-5-7-11-27(25)33(31)39)24-15-21(3)36(22(4)16-24)44-42-32-18-30(38(47)48)26-10-6-8-12-28(26)34(32)40/h5-18H,39-40H2,1-4H3,(H,45,46)(H,47,48)/b43-41+,44-42+. The fourth-order valence-electron chi connectivity index (χ4n) is 6.05. The molecule has 6 N–H and O–H groups in total. The van der Waals surface area contributed by atoms with Crippen molar-refractivity contribution in [3.8, 4) is 11.1 Å². The Labute approximate surface area is 276 Å². The summed E-state index contributed by atoms with van der Waals surface area (Å²) in [7, 11) is 0. The summed E-state index contributed by atoms with van der Waals surface area (Å²) in [5, 5.41) is 39.6. The van der Waals surface area contributed by atoms with Gasteiger partial charge in [0.2, 0.25) is 0 Å². The van der Waals surface area contributed by atoms with Crippen LogP contribution in [-0.4, -0.2) is 22.2 Å². The number of rotatable bonds is 7. The molecular weight excluding hydrogens is 604 g/mol. The van der Waals surface area contributed by atoms with Gasteiger partial charge in [-0.15, -0.1) is 20.5 Å². The number of carboxylic acid groups (broad SMARTS) is 2. The summed E-state index contributed by atoms with van der Waals surface area (Å²) in [4.78, 5) is 23.9. The van der Waals surface area contributed by atoms with Gasteiger partial charge in [0, 0.05) is 10.8 Å². The van der Waals surface area contributed by atoms with Gasteiger partial charge >= 0.3 is 11.9 Å². The largest absolute Gasteiger partial charge is 0.478 e. The smallest absolute Gasteiger partial charge is 0.336 e. The second kappa shape index (κ2) is 12.4. The molecule has 0 radical (unpaired) electrons. The third-order valence-electron chi connectivity index (χ3n) is 8.42. The summed E-state index contributed by atoms with van der Waals surface area (Å²) in [5.74, 6) is -2.13. The molecule has 0 amide bonds. The van der Waals surface area contributed by atoms with E-state index in [0.29, 0.717) is 44.3 Å². The van der Waals surface area contributed by atoms with Crippen molar-refractivity contribution in [2.75, 3.05) is 11.5 Å². The number of benzene rings is 6. The number of carbonyl (C=O) groups is 2. The van der Waals surface area contributed by atoms with Crippen LogP contribution in [0.3, 0.4) is 0 Å². The summed E-state index contributed by atoms with van der Waals surface area (Å²) in [6.07, 6.45) is 0. The topological polar surface area (TPSA) is 176 Å². The van der Waals surface area contributed by atoms with Crippen molar-refractivity contribution >= 4 is 67.6 Å². The maximum absolute atomic E-state index is 11.9. The van der Waals surface area contributed by atoms with Crippen molar-refractivity contribution in [1.29, 1.82) is 0 Å². The van der Waals surface area contributed by atoms with Gasteiger partial charge in [0.25, 0.3) is 0 Å². The molecule has 0 aliphatic rings. The molecule has 48 heavy (non-hydrogen) atoms. The zero-order chi connectivity index (χ0) is 34.3. The molecule has 0 atom stereocenters. The van der Waals surface area contributed by atoms with Crippen molar-refractivity contribution < 1.29 is 19.8 Å². The number of aromatic carboxylic acids is 2. The number of hydrogen-bond donors (Lipinski definition) is 4. The van der Waals surface area contributed by atoms with Gasteiger partial charge in [-0.05, 0) is 108 Å². The number of fused-ring (bicyclic) bond motifs is 2. The predicted octanol–water partition coefficient (Wildman–Crippen LogP) is 10.3. The first kappa shape index (κ1) is 31.6. The molecule has 6 aromatic carbocycles. The van der Waals surface area contributed by atoms with Gasteiger partial charge in [-0.2, -0.15) is 0 Å². The van der Waals surface area contributed by atoms with E-state index in [1.54, 1.807) is 48.5 Å². The summed E-state index contributed by atoms with van der Waals surface area (Å²) in [6.45, 7) is 7.77. The maximum Gasteiger partial charge on any atom is 0.336 e. The van der Waals surface area contributed by atoms with Gasteiger partial charge in [0.1, 0.15) is 11.4 Å². The van der Waals surface area contributed by atoms with Crippen LogP contribution in [0.15, 0.2) is 105 Å². The normalized spacial score (nSPS) is 11.7. The lowest BCUT2D eigenvalue weighted by Gasteiger charge is -2.13. The van der Waals surface area contributed by atoms with Crippen LogP contribution >= 0.6 is 0 Å². The fraction of sp³-hybridized carbons (Fsp3) is 0.105. The van der Waals surface area contributed by atoms with Crippen molar-refractivity contribution in [3.05, 3.63) is 118 Å². The fourth-order valence-corrected chi connectivity index (χ4v) is 6.05. The highest BCUT2D eigenvalue weighted by molar-refractivity contribution is 6.11. The van der Waals surface area contributed by atoms with Gasteiger partial charge in [-0.1, -0.05) is 48.5 Å². The minimum absolute atomic E-state index is 0.108. The van der Waals surface area contributed by atoms with Crippen molar-refractivity contribution in [1.82, 2.24) is 0 Å². The van der Waals surface area contributed by atoms with Gasteiger partial charge in [0.05, 0.1) is 33.9 Å². The molecule has 6 aromatic rings. The minimum Gasteiger partial charge on any atom is -0.478 e. The molecule has 0 fully saturated rings. The number of azo groups is 2. The Morgan fingerprint density at radius 2 is 0.812 bits per heavy atom. The molecule has 0 heterocycles. The summed E-state index contributed by atoms with van der Waals surface area (Å²) >= 11 is 0. The lowest BCUT2D eigenvalue weighted by atomic mass is 9.95. The molecule has 6 rings (SSSR count). The summed E-state index contributed by atoms with van der Waals surface area (Å²) < 4.78 is 0. The van der Waals surface area contributed by atoms with E-state index >= 15 is 0 Å². The monoisotopic (exact) mass is 636 g/mol. The highest BCUT2D eigenvalue weighted by Gasteiger charge is 2.17. The van der Waals surface area contributed by atoms with Gasteiger partial charge in [0.15, 0.2) is 0 Å². The molecular formula is C38H32N6O4. The second-order valence-electron chi connectivity index (χ2n) is 11.7. The molecule has 10 heteroatoms. The Morgan fingerprint density at radius 1 is 0.500 bits per heavy atom. The first-order valence-corrected chi connectivity index (χ1v) is 15.1. The van der Waals surface area contributed by atoms with Crippen LogP contribution < -0.4 is 11.5 Å². The molecule has 238 valence electrons. The van der Waals surface area contributed by atoms with E-state index in [-0.39, 0.29) is 22.5 Å². The molecule has 0 bridgehead atoms. The average molecular weight is 637 g/mol. The highest BCUT2D eigenvalue weighted by Crippen LogP contribution is 2.39. The lowest BCUT2D eigenvalue weighted by molar-refractivity contribution is 0.0688. The Bertz CT molecular complexity index is 2170. The van der Waals surface area contributed by atoms with Crippen LogP contribution in [0, 0.1) is 27.7 Å². The van der Waals surface area contributed by atoms with E-state index in [2.05, 4.69) is 20.5 Å². The van der Waals surface area contributed by atoms with E-state index in [9.17, 15) is 19.8 Å². The first-order valence-electron chi connectivity index (χ1n) is 15.1. The molecule has 0 aliphatic heterocycles. The number of anilines is 2. The number of hydrogen-bond acceptors (Lipinski definition) is 8. The highest BCUT2D eigenvalue weighted by atomic mass is 16.4. The SMILES string of the molecule is Cc1cc(-c2cc(C)c(/N=N/c3cc(C(=O)O)c4ccccc4c3N)c(C)c2)cc(C)c1/N=N/c1cc(C(=O)O)c2ccccc2c1N. The zero-order valence-corrected chi connectivity index (χ0v) is 26.7. The maximum atomic E-state index is 11.9. The number of aryl methyl sites for hydroxylation is 4. The summed E-state index contributed by atoms with van der Waals surface area (Å²) in [5.41, 5.74) is 21.1. The molecule has 0 saturated heterocycles. The zero-order valence-electron chi connectivity index (χ0n) is 26.7. The first-order chi connectivity index (χ1) is 22.9. The third-order valence-corrected chi connectivity index (χ3v) is 8.42. The quantitative estimate of drug-likeness (QED) is 0.100. The molecule has 0 aliphatic carbocycles. The van der Waals surface area contributed by atoms with Crippen LogP contribution in [0.25, 0.3) is 32.7 Å². The van der Waals surface area contributed by atoms with E-state index < -0.39 is 11.9 Å². The second-order valence-corrected chi connectivity index (χ2v) is 11.7. The van der Waals surface area contributed by atoms with Crippen LogP contribution in [0.4, 0.5) is 34.1 Å². The van der Waals surface area contributed by atoms with Gasteiger partial charge in [-0.3, -0.25) is 0 Å². The van der Waals surface area contributed by atoms with E-state index in [4.69, 9.17) is 11.5 Å². The summed E-state index contributed by atoms with van der Waals surface area (Å²) in [6, 6.07) is 25.1. The lowest BCUT2D eigenvalue weighted by Crippen LogP contribution is -1.99. The Kier molecular flexibility index (Phi) is 8.16. The molecule has 0 aromatic heterocycles. The van der Waals surface area contributed by atoms with Gasteiger partial charge in [-0.25, -0.2) is 9.59 Å². The molecule has 0 unspecified atom stereocenters. The molecule has 0 spiro atoms. The van der Waals surface area contributed by atoms with Crippen molar-refractivity contribution in [3.63, 3.8) is 0 Å². The molecule has 0 saturated carbocycles. The number of carboxylic acids is 2. The molecule has 10 nitrogen and oxygen atoms in total. The predicted molar refractivity (Wildman–Crippen MR) is 190 cm³/mol. The minimum atomic E-state index is -1.07. The third kappa shape index (κ3) is 5.71. The van der Waals surface area contributed by atoms with Crippen molar-refractivity contribution in [2.24, 2.45) is 20.5 Å². The van der Waals surface area contributed by atoms with Crippen LogP contribution in [-0.2, 0) is 0 Å². The van der Waals surface area contributed by atoms with Crippen LogP contribution in [0.1, 0.15) is 43.0 Å². The average Bonchev–Trinajstić information content (AvgIpc) is 3.05. The Hall–Kier alpha value is -6.42. The number of nitrogens with two attached hydrogens (primary N) is 2. The van der Waals surface area contributed by atoms with Crippen LogP contribution in [0.5, 0.6) is 0 Å². The van der Waals surface area contributed by atoms with E-state index in [1.165, 1.54) is 12.1 Å².